The largest absolute Gasteiger partial charge is 0.396 e. The topological polar surface area (TPSA) is 48.9 Å². The van der Waals surface area contributed by atoms with E-state index in [0.717, 1.165) is 16.5 Å². The first-order chi connectivity index (χ1) is 6.31. The van der Waals surface area contributed by atoms with Crippen LogP contribution in [0.4, 0.5) is 0 Å². The number of aromatic amines is 1. The Hall–Kier alpha value is -1.06. The van der Waals surface area contributed by atoms with Crippen molar-refractivity contribution in [2.75, 3.05) is 6.61 Å². The minimum Gasteiger partial charge on any atom is -0.396 e. The minimum atomic E-state index is 0.126. The van der Waals surface area contributed by atoms with Gasteiger partial charge in [0.15, 0.2) is 0 Å². The number of aliphatic hydroxyl groups is 1. The van der Waals surface area contributed by atoms with Crippen molar-refractivity contribution in [1.82, 2.24) is 10.2 Å². The molecule has 0 amide bonds. The molecule has 0 aliphatic heterocycles. The van der Waals surface area contributed by atoms with E-state index in [1.807, 2.05) is 12.1 Å². The van der Waals surface area contributed by atoms with E-state index in [4.69, 9.17) is 16.7 Å². The number of nitrogens with one attached hydrogen (secondary N) is 1. The van der Waals surface area contributed by atoms with Crippen LogP contribution in [0.2, 0.25) is 5.02 Å². The van der Waals surface area contributed by atoms with Gasteiger partial charge in [0, 0.05) is 17.0 Å². The summed E-state index contributed by atoms with van der Waals surface area (Å²) in [4.78, 5) is 0. The fourth-order valence-corrected chi connectivity index (χ4v) is 1.65. The first-order valence-corrected chi connectivity index (χ1v) is 4.41. The SMILES string of the molecule is OCCc1cc(Cl)cc2[nH]ncc12. The molecule has 0 fully saturated rings. The van der Waals surface area contributed by atoms with Crippen LogP contribution in [-0.2, 0) is 6.42 Å². The second-order valence-corrected chi connectivity index (χ2v) is 3.31. The van der Waals surface area contributed by atoms with E-state index in [9.17, 15) is 0 Å². The fraction of sp³-hybridized carbons (Fsp3) is 0.222. The van der Waals surface area contributed by atoms with E-state index < -0.39 is 0 Å². The van der Waals surface area contributed by atoms with Crippen molar-refractivity contribution in [1.29, 1.82) is 0 Å². The molecule has 0 saturated carbocycles. The average Bonchev–Trinajstić information content (AvgIpc) is 2.52. The summed E-state index contributed by atoms with van der Waals surface area (Å²) in [5.74, 6) is 0. The molecule has 1 aromatic heterocycles. The summed E-state index contributed by atoms with van der Waals surface area (Å²) in [6.45, 7) is 0.126. The predicted octanol–water partition coefficient (Wildman–Crippen LogP) is 1.75. The zero-order chi connectivity index (χ0) is 9.26. The molecule has 0 aliphatic carbocycles. The number of nitrogens with zero attached hydrogens (tertiary/aromatic N) is 1. The molecule has 1 heterocycles. The molecule has 0 saturated heterocycles. The van der Waals surface area contributed by atoms with Gasteiger partial charge in [-0.2, -0.15) is 5.10 Å². The third kappa shape index (κ3) is 1.53. The van der Waals surface area contributed by atoms with Crippen LogP contribution < -0.4 is 0 Å². The monoisotopic (exact) mass is 196 g/mol. The molecular formula is C9H9ClN2O. The Morgan fingerprint density at radius 3 is 3.08 bits per heavy atom. The van der Waals surface area contributed by atoms with Gasteiger partial charge in [0.2, 0.25) is 0 Å². The normalized spacial score (nSPS) is 10.9. The summed E-state index contributed by atoms with van der Waals surface area (Å²) >= 11 is 5.89. The Morgan fingerprint density at radius 1 is 1.46 bits per heavy atom. The number of halogens is 1. The van der Waals surface area contributed by atoms with Crippen LogP contribution in [0.5, 0.6) is 0 Å². The molecule has 0 aliphatic rings. The van der Waals surface area contributed by atoms with Crippen molar-refractivity contribution in [3.05, 3.63) is 28.9 Å². The number of aliphatic hydroxyl groups excluding tert-OH is 1. The summed E-state index contributed by atoms with van der Waals surface area (Å²) in [6.07, 6.45) is 2.35. The summed E-state index contributed by atoms with van der Waals surface area (Å²) in [6, 6.07) is 3.68. The van der Waals surface area contributed by atoms with E-state index in [1.54, 1.807) is 6.20 Å². The lowest BCUT2D eigenvalue weighted by atomic mass is 10.1. The molecule has 0 unspecified atom stereocenters. The van der Waals surface area contributed by atoms with Crippen molar-refractivity contribution >= 4 is 22.5 Å². The maximum absolute atomic E-state index is 8.83. The molecule has 13 heavy (non-hydrogen) atoms. The van der Waals surface area contributed by atoms with E-state index in [1.165, 1.54) is 0 Å². The van der Waals surface area contributed by atoms with Crippen molar-refractivity contribution < 1.29 is 5.11 Å². The van der Waals surface area contributed by atoms with Gasteiger partial charge in [0.25, 0.3) is 0 Å². The Balaban J connectivity index is 2.63. The van der Waals surface area contributed by atoms with E-state index in [0.29, 0.717) is 11.4 Å². The molecule has 2 N–H and O–H groups in total. The van der Waals surface area contributed by atoms with Crippen LogP contribution in [0.1, 0.15) is 5.56 Å². The van der Waals surface area contributed by atoms with Gasteiger partial charge >= 0.3 is 0 Å². The lowest BCUT2D eigenvalue weighted by Gasteiger charge is -2.00. The maximum atomic E-state index is 8.83. The van der Waals surface area contributed by atoms with Gasteiger partial charge in [0.05, 0.1) is 11.7 Å². The summed E-state index contributed by atoms with van der Waals surface area (Å²) in [5, 5.41) is 17.3. The lowest BCUT2D eigenvalue weighted by Crippen LogP contribution is -1.91. The fourth-order valence-electron chi connectivity index (χ4n) is 1.41. The first-order valence-electron chi connectivity index (χ1n) is 4.03. The Kier molecular flexibility index (Phi) is 2.20. The number of hydrogen-bond donors (Lipinski definition) is 2. The van der Waals surface area contributed by atoms with Gasteiger partial charge in [0.1, 0.15) is 0 Å². The van der Waals surface area contributed by atoms with Gasteiger partial charge in [-0.05, 0) is 24.1 Å². The predicted molar refractivity (Wildman–Crippen MR) is 51.9 cm³/mol. The molecule has 2 rings (SSSR count). The van der Waals surface area contributed by atoms with Crippen molar-refractivity contribution in [2.24, 2.45) is 0 Å². The van der Waals surface area contributed by atoms with Crippen molar-refractivity contribution in [3.63, 3.8) is 0 Å². The third-order valence-corrected chi connectivity index (χ3v) is 2.21. The van der Waals surface area contributed by atoms with Gasteiger partial charge in [-0.15, -0.1) is 0 Å². The van der Waals surface area contributed by atoms with Gasteiger partial charge < -0.3 is 5.11 Å². The smallest absolute Gasteiger partial charge is 0.0667 e. The zero-order valence-electron chi connectivity index (χ0n) is 6.92. The van der Waals surface area contributed by atoms with Crippen LogP contribution in [0.15, 0.2) is 18.3 Å². The molecule has 1 aromatic carbocycles. The molecule has 0 atom stereocenters. The first kappa shape index (κ1) is 8.53. The molecule has 4 heteroatoms. The lowest BCUT2D eigenvalue weighted by molar-refractivity contribution is 0.300. The number of aromatic nitrogens is 2. The van der Waals surface area contributed by atoms with Crippen LogP contribution >= 0.6 is 11.6 Å². The Morgan fingerprint density at radius 2 is 2.31 bits per heavy atom. The third-order valence-electron chi connectivity index (χ3n) is 1.99. The Labute approximate surface area is 80.3 Å². The molecule has 2 aromatic rings. The molecule has 0 bridgehead atoms. The van der Waals surface area contributed by atoms with Gasteiger partial charge in [-0.3, -0.25) is 5.10 Å². The molecule has 0 radical (unpaired) electrons. The van der Waals surface area contributed by atoms with Crippen LogP contribution in [0.25, 0.3) is 10.9 Å². The number of benzene rings is 1. The second-order valence-electron chi connectivity index (χ2n) is 2.87. The molecule has 0 spiro atoms. The zero-order valence-corrected chi connectivity index (χ0v) is 7.67. The minimum absolute atomic E-state index is 0.126. The molecule has 68 valence electrons. The van der Waals surface area contributed by atoms with E-state index in [-0.39, 0.29) is 6.61 Å². The van der Waals surface area contributed by atoms with E-state index in [2.05, 4.69) is 10.2 Å². The number of rotatable bonds is 2. The summed E-state index contributed by atoms with van der Waals surface area (Å²) < 4.78 is 0. The number of fused-ring (bicyclic) bond motifs is 1. The highest BCUT2D eigenvalue weighted by Gasteiger charge is 2.03. The molecule has 3 nitrogen and oxygen atoms in total. The van der Waals surface area contributed by atoms with Gasteiger partial charge in [-0.25, -0.2) is 0 Å². The average molecular weight is 197 g/mol. The van der Waals surface area contributed by atoms with Crippen LogP contribution in [0.3, 0.4) is 0 Å². The number of hydrogen-bond acceptors (Lipinski definition) is 2. The van der Waals surface area contributed by atoms with Crippen LogP contribution in [0, 0.1) is 0 Å². The highest BCUT2D eigenvalue weighted by molar-refractivity contribution is 6.31. The Bertz CT molecular complexity index is 424. The highest BCUT2D eigenvalue weighted by Crippen LogP contribution is 2.22. The quantitative estimate of drug-likeness (QED) is 0.769. The van der Waals surface area contributed by atoms with Crippen LogP contribution in [-0.4, -0.2) is 21.9 Å². The summed E-state index contributed by atoms with van der Waals surface area (Å²) in [5.41, 5.74) is 1.94. The highest BCUT2D eigenvalue weighted by atomic mass is 35.5. The van der Waals surface area contributed by atoms with Gasteiger partial charge in [-0.1, -0.05) is 11.6 Å². The standard InChI is InChI=1S/C9H9ClN2O/c10-7-3-6(1-2-13)8-5-11-12-9(8)4-7/h3-5,13H,1-2H2,(H,11,12). The number of H-pyrrole nitrogens is 1. The van der Waals surface area contributed by atoms with Crippen molar-refractivity contribution in [3.8, 4) is 0 Å². The maximum Gasteiger partial charge on any atom is 0.0667 e. The van der Waals surface area contributed by atoms with E-state index >= 15 is 0 Å². The van der Waals surface area contributed by atoms with Crippen molar-refractivity contribution in [2.45, 2.75) is 6.42 Å². The molecular weight excluding hydrogens is 188 g/mol. The summed E-state index contributed by atoms with van der Waals surface area (Å²) in [7, 11) is 0. The second kappa shape index (κ2) is 3.36.